The minimum Gasteiger partial charge on any atom is -0.454 e. The molecule has 2 aliphatic heterocycles. The Labute approximate surface area is 142 Å². The molecule has 0 bridgehead atoms. The van der Waals surface area contributed by atoms with Gasteiger partial charge in [-0.25, -0.2) is 4.79 Å². The number of fused-ring (bicyclic) bond motifs is 1. The Balaban J connectivity index is 1.85. The third-order valence-electron chi connectivity index (χ3n) is 4.03. The number of carbonyl (C=O) groups excluding carboxylic acids is 1. The van der Waals surface area contributed by atoms with Crippen LogP contribution in [-0.2, 0) is 0 Å². The summed E-state index contributed by atoms with van der Waals surface area (Å²) >= 11 is 0. The average Bonchev–Trinajstić information content (AvgIpc) is 3.09. The smallest absolute Gasteiger partial charge is 0.320 e. The maximum atomic E-state index is 12.1. The Morgan fingerprint density at radius 1 is 1.08 bits per heavy atom. The molecule has 0 aliphatic carbocycles. The lowest BCUT2D eigenvalue weighted by atomic mass is 9.97. The molecular weight excluding hydrogens is 326 g/mol. The maximum absolute atomic E-state index is 12.1. The second-order valence-corrected chi connectivity index (χ2v) is 5.53. The quantitative estimate of drug-likeness (QED) is 0.660. The summed E-state index contributed by atoms with van der Waals surface area (Å²) in [7, 11) is 0. The van der Waals surface area contributed by atoms with Gasteiger partial charge in [0.15, 0.2) is 11.5 Å². The van der Waals surface area contributed by atoms with Crippen LogP contribution in [-0.4, -0.2) is 17.7 Å². The third kappa shape index (κ3) is 2.63. The molecule has 2 aliphatic rings. The van der Waals surface area contributed by atoms with Crippen LogP contribution in [0.5, 0.6) is 11.5 Å². The van der Waals surface area contributed by atoms with E-state index in [1.165, 1.54) is 0 Å². The monoisotopic (exact) mass is 339 g/mol. The van der Waals surface area contributed by atoms with E-state index in [0.29, 0.717) is 22.6 Å². The summed E-state index contributed by atoms with van der Waals surface area (Å²) < 4.78 is 10.6. The first-order valence-corrected chi connectivity index (χ1v) is 7.54. The van der Waals surface area contributed by atoms with Gasteiger partial charge in [0.2, 0.25) is 6.79 Å². The molecule has 0 saturated carbocycles. The van der Waals surface area contributed by atoms with Crippen molar-refractivity contribution in [1.82, 2.24) is 10.6 Å². The van der Waals surface area contributed by atoms with E-state index in [4.69, 9.17) is 9.47 Å². The molecule has 2 N–H and O–H groups in total. The topological polar surface area (TPSA) is 103 Å². The van der Waals surface area contributed by atoms with Gasteiger partial charge in [-0.3, -0.25) is 10.1 Å². The van der Waals surface area contributed by atoms with Gasteiger partial charge in [-0.1, -0.05) is 36.4 Å². The molecule has 2 amide bonds. The van der Waals surface area contributed by atoms with Gasteiger partial charge in [0.25, 0.3) is 5.70 Å². The van der Waals surface area contributed by atoms with Gasteiger partial charge in [-0.15, -0.1) is 0 Å². The largest absolute Gasteiger partial charge is 0.454 e. The van der Waals surface area contributed by atoms with Crippen molar-refractivity contribution in [3.05, 3.63) is 75.5 Å². The van der Waals surface area contributed by atoms with Gasteiger partial charge in [-0.2, -0.15) is 0 Å². The molecular formula is C17H13N3O5. The number of urea groups is 1. The molecule has 0 fully saturated rings. The highest BCUT2D eigenvalue weighted by atomic mass is 16.7. The van der Waals surface area contributed by atoms with Crippen LogP contribution in [0.15, 0.2) is 54.2 Å². The van der Waals surface area contributed by atoms with Gasteiger partial charge in [0, 0.05) is 5.56 Å². The fourth-order valence-corrected chi connectivity index (χ4v) is 2.91. The SMILES string of the molecule is O=C1NC(c2ccccc2)=C([N+](=O)[O-])C(c2ccc3c(c2)OCO3)N1. The Morgan fingerprint density at radius 3 is 2.60 bits per heavy atom. The van der Waals surface area contributed by atoms with E-state index in [1.807, 2.05) is 0 Å². The van der Waals surface area contributed by atoms with Crippen molar-refractivity contribution in [1.29, 1.82) is 0 Å². The van der Waals surface area contributed by atoms with Crippen molar-refractivity contribution in [2.24, 2.45) is 0 Å². The maximum Gasteiger partial charge on any atom is 0.320 e. The third-order valence-corrected chi connectivity index (χ3v) is 4.03. The van der Waals surface area contributed by atoms with E-state index in [0.717, 1.165) is 0 Å². The number of benzene rings is 2. The number of rotatable bonds is 3. The summed E-state index contributed by atoms with van der Waals surface area (Å²) in [5.41, 5.74) is 1.15. The minimum atomic E-state index is -0.909. The van der Waals surface area contributed by atoms with Crippen LogP contribution in [0.25, 0.3) is 5.70 Å². The molecule has 126 valence electrons. The minimum absolute atomic E-state index is 0.102. The van der Waals surface area contributed by atoms with Crippen LogP contribution in [0.4, 0.5) is 4.79 Å². The van der Waals surface area contributed by atoms with E-state index in [-0.39, 0.29) is 18.2 Å². The Hall–Kier alpha value is -3.55. The number of ether oxygens (including phenoxy) is 2. The molecule has 8 nitrogen and oxygen atoms in total. The van der Waals surface area contributed by atoms with E-state index in [2.05, 4.69) is 10.6 Å². The number of nitrogens with one attached hydrogen (secondary N) is 2. The molecule has 2 heterocycles. The van der Waals surface area contributed by atoms with Gasteiger partial charge in [0.05, 0.1) is 4.92 Å². The summed E-state index contributed by atoms with van der Waals surface area (Å²) in [6.45, 7) is 0.102. The van der Waals surface area contributed by atoms with Crippen LogP contribution >= 0.6 is 0 Å². The molecule has 2 aromatic carbocycles. The van der Waals surface area contributed by atoms with E-state index < -0.39 is 17.0 Å². The zero-order valence-electron chi connectivity index (χ0n) is 12.9. The second kappa shape index (κ2) is 5.82. The molecule has 1 atom stereocenters. The first-order chi connectivity index (χ1) is 12.1. The Kier molecular flexibility index (Phi) is 3.50. The number of carbonyl (C=O) groups is 1. The Bertz CT molecular complexity index is 894. The van der Waals surface area contributed by atoms with Crippen LogP contribution in [0.1, 0.15) is 17.2 Å². The molecule has 8 heteroatoms. The lowest BCUT2D eigenvalue weighted by Gasteiger charge is -2.25. The number of nitrogens with zero attached hydrogens (tertiary/aromatic N) is 1. The van der Waals surface area contributed by atoms with E-state index in [1.54, 1.807) is 48.5 Å². The number of hydrogen-bond donors (Lipinski definition) is 2. The van der Waals surface area contributed by atoms with Crippen molar-refractivity contribution >= 4 is 11.7 Å². The highest BCUT2D eigenvalue weighted by Crippen LogP contribution is 2.37. The lowest BCUT2D eigenvalue weighted by molar-refractivity contribution is -0.430. The van der Waals surface area contributed by atoms with Crippen molar-refractivity contribution in [2.45, 2.75) is 6.04 Å². The summed E-state index contributed by atoms with van der Waals surface area (Å²) in [6, 6.07) is 12.3. The van der Waals surface area contributed by atoms with Crippen molar-refractivity contribution in [3.63, 3.8) is 0 Å². The summed E-state index contributed by atoms with van der Waals surface area (Å²) in [6.07, 6.45) is 0. The normalized spacial score (nSPS) is 18.6. The molecule has 0 aromatic heterocycles. The summed E-state index contributed by atoms with van der Waals surface area (Å²) in [5, 5.41) is 16.9. The molecule has 0 saturated heterocycles. The van der Waals surface area contributed by atoms with Gasteiger partial charge in [0.1, 0.15) is 11.7 Å². The molecule has 0 radical (unpaired) electrons. The van der Waals surface area contributed by atoms with Crippen LogP contribution in [0, 0.1) is 10.1 Å². The standard InChI is InChI=1S/C17H13N3O5/c21-17-18-14(10-4-2-1-3-5-10)16(20(22)23)15(19-17)11-6-7-12-13(8-11)25-9-24-12/h1-8,15H,9H2,(H2,18,19,21). The lowest BCUT2D eigenvalue weighted by Crippen LogP contribution is -2.45. The van der Waals surface area contributed by atoms with Crippen molar-refractivity contribution < 1.29 is 19.2 Å². The van der Waals surface area contributed by atoms with Crippen LogP contribution in [0.3, 0.4) is 0 Å². The highest BCUT2D eigenvalue weighted by Gasteiger charge is 2.38. The van der Waals surface area contributed by atoms with Gasteiger partial charge >= 0.3 is 6.03 Å². The molecule has 25 heavy (non-hydrogen) atoms. The number of amides is 2. The molecule has 4 rings (SSSR count). The Morgan fingerprint density at radius 2 is 1.84 bits per heavy atom. The summed E-state index contributed by atoms with van der Waals surface area (Å²) in [5.74, 6) is 1.06. The number of hydrogen-bond acceptors (Lipinski definition) is 5. The second-order valence-electron chi connectivity index (χ2n) is 5.53. The first kappa shape index (κ1) is 15.0. The fourth-order valence-electron chi connectivity index (χ4n) is 2.91. The zero-order valence-corrected chi connectivity index (χ0v) is 12.9. The summed E-state index contributed by atoms with van der Waals surface area (Å²) in [4.78, 5) is 23.4. The first-order valence-electron chi connectivity index (χ1n) is 7.54. The number of nitro groups is 1. The molecule has 0 spiro atoms. The predicted octanol–water partition coefficient (Wildman–Crippen LogP) is 2.41. The van der Waals surface area contributed by atoms with Crippen LogP contribution < -0.4 is 20.1 Å². The zero-order chi connectivity index (χ0) is 17.4. The van der Waals surface area contributed by atoms with Crippen molar-refractivity contribution in [2.75, 3.05) is 6.79 Å². The fraction of sp³-hybridized carbons (Fsp3) is 0.118. The van der Waals surface area contributed by atoms with Crippen LogP contribution in [0.2, 0.25) is 0 Å². The van der Waals surface area contributed by atoms with E-state index in [9.17, 15) is 14.9 Å². The predicted molar refractivity (Wildman–Crippen MR) is 87.3 cm³/mol. The van der Waals surface area contributed by atoms with Crippen molar-refractivity contribution in [3.8, 4) is 11.5 Å². The highest BCUT2D eigenvalue weighted by molar-refractivity contribution is 5.89. The molecule has 1 unspecified atom stereocenters. The van der Waals surface area contributed by atoms with Gasteiger partial charge in [-0.05, 0) is 17.7 Å². The molecule has 2 aromatic rings. The van der Waals surface area contributed by atoms with E-state index >= 15 is 0 Å². The van der Waals surface area contributed by atoms with Gasteiger partial charge < -0.3 is 20.1 Å². The average molecular weight is 339 g/mol.